The van der Waals surface area contributed by atoms with Gasteiger partial charge < -0.3 is 15.2 Å². The molecule has 1 rings (SSSR count). The first-order valence-corrected chi connectivity index (χ1v) is 4.14. The topological polar surface area (TPSA) is 60.7 Å². The Labute approximate surface area is 88.1 Å². The Morgan fingerprint density at radius 3 is 2.12 bits per heavy atom. The van der Waals surface area contributed by atoms with Crippen LogP contribution in [0.2, 0.25) is 0 Å². The van der Waals surface area contributed by atoms with Crippen molar-refractivity contribution in [3.8, 4) is 0 Å². The maximum atomic E-state index is 13.3. The van der Waals surface area contributed by atoms with Gasteiger partial charge in [-0.05, 0) is 6.07 Å². The Kier molecular flexibility index (Phi) is 3.56. The van der Waals surface area contributed by atoms with E-state index in [1.54, 1.807) is 0 Å². The summed E-state index contributed by atoms with van der Waals surface area (Å²) in [6, 6.07) is 1.10. The number of benzene rings is 1. The molecule has 0 amide bonds. The van der Waals surface area contributed by atoms with Crippen LogP contribution in [0, 0.1) is 5.82 Å². The molecule has 0 bridgehead atoms. The molecule has 0 aliphatic carbocycles. The molecule has 0 unspecified atom stereocenters. The highest BCUT2D eigenvalue weighted by atomic mass is 19.4. The smallest absolute Gasteiger partial charge is 0.423 e. The van der Waals surface area contributed by atoms with Crippen molar-refractivity contribution in [2.75, 3.05) is 0 Å². The molecule has 1 aromatic rings. The second-order valence-corrected chi connectivity index (χ2v) is 3.02. The summed E-state index contributed by atoms with van der Waals surface area (Å²) >= 11 is 0. The Morgan fingerprint density at radius 1 is 1.19 bits per heavy atom. The molecule has 0 aliphatic heterocycles. The van der Waals surface area contributed by atoms with E-state index in [0.29, 0.717) is 12.1 Å². The summed E-state index contributed by atoms with van der Waals surface area (Å²) in [5.41, 5.74) is -3.05. The first kappa shape index (κ1) is 13.0. The molecule has 0 aliphatic rings. The summed E-state index contributed by atoms with van der Waals surface area (Å²) in [6.45, 7) is -1.18. The quantitative estimate of drug-likeness (QED) is 0.502. The van der Waals surface area contributed by atoms with Gasteiger partial charge in [0, 0.05) is 11.0 Å². The predicted molar refractivity (Wildman–Crippen MR) is 47.2 cm³/mol. The third-order valence-corrected chi connectivity index (χ3v) is 2.01. The lowest BCUT2D eigenvalue weighted by Gasteiger charge is -2.14. The standard InChI is InChI=1S/C8H7BF4O3/c10-7-4(3-14)5(8(11,12)13)1-2-6(7)9(15)16/h1-2,14-16H,3H2. The third-order valence-electron chi connectivity index (χ3n) is 2.01. The van der Waals surface area contributed by atoms with Crippen molar-refractivity contribution in [3.05, 3.63) is 29.1 Å². The molecule has 3 nitrogen and oxygen atoms in total. The Hall–Kier alpha value is -1.12. The molecule has 0 atom stereocenters. The summed E-state index contributed by atoms with van der Waals surface area (Å²) in [5, 5.41) is 26.0. The zero-order chi connectivity index (χ0) is 12.5. The lowest BCUT2D eigenvalue weighted by molar-refractivity contribution is -0.138. The number of hydrogen-bond acceptors (Lipinski definition) is 3. The van der Waals surface area contributed by atoms with Gasteiger partial charge in [0.15, 0.2) is 0 Å². The normalized spacial score (nSPS) is 11.7. The largest absolute Gasteiger partial charge is 0.491 e. The van der Waals surface area contributed by atoms with Gasteiger partial charge in [0.2, 0.25) is 0 Å². The van der Waals surface area contributed by atoms with Crippen LogP contribution in [-0.2, 0) is 12.8 Å². The van der Waals surface area contributed by atoms with Crippen molar-refractivity contribution in [1.82, 2.24) is 0 Å². The van der Waals surface area contributed by atoms with Crippen LogP contribution in [0.3, 0.4) is 0 Å². The summed E-state index contributed by atoms with van der Waals surface area (Å²) in [6.07, 6.45) is -4.81. The van der Waals surface area contributed by atoms with Crippen molar-refractivity contribution in [2.45, 2.75) is 12.8 Å². The molecular formula is C8H7BF4O3. The van der Waals surface area contributed by atoms with E-state index in [-0.39, 0.29) is 0 Å². The molecule has 16 heavy (non-hydrogen) atoms. The van der Waals surface area contributed by atoms with Gasteiger partial charge in [0.1, 0.15) is 5.82 Å². The van der Waals surface area contributed by atoms with Crippen molar-refractivity contribution >= 4 is 12.6 Å². The number of aliphatic hydroxyl groups is 1. The Balaban J connectivity index is 3.41. The van der Waals surface area contributed by atoms with Gasteiger partial charge >= 0.3 is 13.3 Å². The highest BCUT2D eigenvalue weighted by Gasteiger charge is 2.36. The SMILES string of the molecule is OCc1c(C(F)(F)F)ccc(B(O)O)c1F. The van der Waals surface area contributed by atoms with Crippen LogP contribution in [0.15, 0.2) is 12.1 Å². The van der Waals surface area contributed by atoms with Crippen LogP contribution >= 0.6 is 0 Å². The summed E-state index contributed by atoms with van der Waals surface area (Å²) < 4.78 is 50.4. The molecule has 88 valence electrons. The zero-order valence-corrected chi connectivity index (χ0v) is 7.79. The van der Waals surface area contributed by atoms with E-state index in [2.05, 4.69) is 0 Å². The number of alkyl halides is 3. The molecule has 0 aromatic heterocycles. The third kappa shape index (κ3) is 2.34. The van der Waals surface area contributed by atoms with Gasteiger partial charge in [-0.25, -0.2) is 4.39 Å². The molecule has 8 heteroatoms. The van der Waals surface area contributed by atoms with E-state index in [1.165, 1.54) is 0 Å². The molecular weight excluding hydrogens is 231 g/mol. The Morgan fingerprint density at radius 2 is 1.75 bits per heavy atom. The first-order chi connectivity index (χ1) is 7.29. The highest BCUT2D eigenvalue weighted by Crippen LogP contribution is 2.32. The Bertz CT molecular complexity index is 392. The van der Waals surface area contributed by atoms with Crippen molar-refractivity contribution in [1.29, 1.82) is 0 Å². The predicted octanol–water partition coefficient (Wildman–Crippen LogP) is 0.0166. The van der Waals surface area contributed by atoms with E-state index in [1.807, 2.05) is 0 Å². The maximum absolute atomic E-state index is 13.3. The van der Waals surface area contributed by atoms with E-state index in [0.717, 1.165) is 0 Å². The average molecular weight is 238 g/mol. The number of hydrogen-bond donors (Lipinski definition) is 3. The lowest BCUT2D eigenvalue weighted by Crippen LogP contribution is -2.34. The molecule has 0 saturated carbocycles. The monoisotopic (exact) mass is 238 g/mol. The second kappa shape index (κ2) is 4.40. The van der Waals surface area contributed by atoms with E-state index in [4.69, 9.17) is 15.2 Å². The van der Waals surface area contributed by atoms with E-state index in [9.17, 15) is 17.6 Å². The first-order valence-electron chi connectivity index (χ1n) is 4.14. The minimum atomic E-state index is -4.81. The van der Waals surface area contributed by atoms with Crippen molar-refractivity contribution in [3.63, 3.8) is 0 Å². The van der Waals surface area contributed by atoms with Gasteiger partial charge in [-0.2, -0.15) is 13.2 Å². The molecule has 3 N–H and O–H groups in total. The summed E-state index contributed by atoms with van der Waals surface area (Å²) in [4.78, 5) is 0. The fraction of sp³-hybridized carbons (Fsp3) is 0.250. The lowest BCUT2D eigenvalue weighted by atomic mass is 9.78. The molecule has 0 fully saturated rings. The molecule has 0 heterocycles. The van der Waals surface area contributed by atoms with Crippen LogP contribution < -0.4 is 5.46 Å². The van der Waals surface area contributed by atoms with Gasteiger partial charge in [-0.3, -0.25) is 0 Å². The second-order valence-electron chi connectivity index (χ2n) is 3.02. The number of halogens is 4. The van der Waals surface area contributed by atoms with E-state index < -0.39 is 42.3 Å². The van der Waals surface area contributed by atoms with Crippen LogP contribution in [-0.4, -0.2) is 22.3 Å². The van der Waals surface area contributed by atoms with E-state index >= 15 is 0 Å². The molecule has 0 radical (unpaired) electrons. The van der Waals surface area contributed by atoms with Crippen LogP contribution in [0.25, 0.3) is 0 Å². The summed E-state index contributed by atoms with van der Waals surface area (Å²) in [7, 11) is -2.23. The molecule has 1 aromatic carbocycles. The highest BCUT2D eigenvalue weighted by molar-refractivity contribution is 6.58. The number of rotatable bonds is 2. The average Bonchev–Trinajstić information content (AvgIpc) is 2.15. The summed E-state index contributed by atoms with van der Waals surface area (Å²) in [5.74, 6) is -1.47. The molecule has 0 spiro atoms. The van der Waals surface area contributed by atoms with Crippen LogP contribution in [0.4, 0.5) is 17.6 Å². The molecule has 0 saturated heterocycles. The van der Waals surface area contributed by atoms with Crippen LogP contribution in [0.1, 0.15) is 11.1 Å². The number of aliphatic hydroxyl groups excluding tert-OH is 1. The van der Waals surface area contributed by atoms with Crippen molar-refractivity contribution in [2.24, 2.45) is 0 Å². The maximum Gasteiger partial charge on any atom is 0.491 e. The fourth-order valence-corrected chi connectivity index (χ4v) is 1.26. The van der Waals surface area contributed by atoms with Crippen LogP contribution in [0.5, 0.6) is 0 Å². The van der Waals surface area contributed by atoms with Crippen molar-refractivity contribution < 1.29 is 32.7 Å². The van der Waals surface area contributed by atoms with Gasteiger partial charge in [-0.15, -0.1) is 0 Å². The zero-order valence-electron chi connectivity index (χ0n) is 7.79. The van der Waals surface area contributed by atoms with Gasteiger partial charge in [0.25, 0.3) is 0 Å². The minimum absolute atomic E-state index is 0.489. The minimum Gasteiger partial charge on any atom is -0.423 e. The fourth-order valence-electron chi connectivity index (χ4n) is 1.26. The van der Waals surface area contributed by atoms with Gasteiger partial charge in [0.05, 0.1) is 12.2 Å². The van der Waals surface area contributed by atoms with Gasteiger partial charge in [-0.1, -0.05) is 6.07 Å².